The normalized spacial score (nSPS) is 23.6. The van der Waals surface area contributed by atoms with Crippen LogP contribution in [0, 0.1) is 5.41 Å². The Labute approximate surface area is 139 Å². The van der Waals surface area contributed by atoms with Gasteiger partial charge in [0.15, 0.2) is 5.96 Å². The average molecular weight is 418 g/mol. The first kappa shape index (κ1) is 19.9. The zero-order valence-corrected chi connectivity index (χ0v) is 15.9. The molecule has 6 nitrogen and oxygen atoms in total. The van der Waals surface area contributed by atoms with Crippen molar-refractivity contribution < 1.29 is 8.42 Å². The molecule has 0 saturated carbocycles. The van der Waals surface area contributed by atoms with Crippen LogP contribution in [0.1, 0.15) is 26.7 Å². The second-order valence-corrected chi connectivity index (χ2v) is 7.31. The van der Waals surface area contributed by atoms with Crippen LogP contribution in [-0.4, -0.2) is 58.8 Å². The van der Waals surface area contributed by atoms with Crippen molar-refractivity contribution in [3.8, 4) is 0 Å². The number of aliphatic imine (C=N–C) groups is 1. The Morgan fingerprint density at radius 3 is 2.50 bits per heavy atom. The minimum atomic E-state index is -3.11. The number of likely N-dealkylation sites (tertiary alicyclic amines) is 1. The van der Waals surface area contributed by atoms with E-state index in [4.69, 9.17) is 0 Å². The molecule has 1 heterocycles. The Morgan fingerprint density at radius 1 is 1.40 bits per heavy atom. The summed E-state index contributed by atoms with van der Waals surface area (Å²) in [5.41, 5.74) is 0.364. The summed E-state index contributed by atoms with van der Waals surface area (Å²) in [6.45, 7) is 7.43. The summed E-state index contributed by atoms with van der Waals surface area (Å²) in [4.78, 5) is 6.50. The minimum Gasteiger partial charge on any atom is -0.355 e. The zero-order chi connectivity index (χ0) is 14.5. The number of sulfonamides is 1. The molecule has 0 aromatic rings. The van der Waals surface area contributed by atoms with Gasteiger partial charge in [-0.05, 0) is 18.3 Å². The van der Waals surface area contributed by atoms with Crippen LogP contribution in [0.5, 0.6) is 0 Å². The highest BCUT2D eigenvalue weighted by Crippen LogP contribution is 2.32. The Bertz CT molecular complexity index is 427. The Hall–Kier alpha value is -0.0900. The zero-order valence-electron chi connectivity index (χ0n) is 12.8. The first-order valence-electron chi connectivity index (χ1n) is 6.70. The molecule has 0 amide bonds. The SMILES string of the molecule is CCC1(C)CCN(C(=NC)NCCNS(C)(=O)=O)C1.I. The highest BCUT2D eigenvalue weighted by molar-refractivity contribution is 14.0. The smallest absolute Gasteiger partial charge is 0.208 e. The van der Waals surface area contributed by atoms with Gasteiger partial charge in [0.2, 0.25) is 10.0 Å². The molecule has 0 spiro atoms. The van der Waals surface area contributed by atoms with Gasteiger partial charge in [0.1, 0.15) is 0 Å². The van der Waals surface area contributed by atoms with Gasteiger partial charge in [-0.2, -0.15) is 0 Å². The molecule has 1 fully saturated rings. The molecule has 1 unspecified atom stereocenters. The minimum absolute atomic E-state index is 0. The molecule has 20 heavy (non-hydrogen) atoms. The molecule has 1 aliphatic heterocycles. The second-order valence-electron chi connectivity index (χ2n) is 5.48. The van der Waals surface area contributed by atoms with E-state index in [-0.39, 0.29) is 24.0 Å². The second kappa shape index (κ2) is 8.38. The molecule has 0 radical (unpaired) electrons. The van der Waals surface area contributed by atoms with Gasteiger partial charge >= 0.3 is 0 Å². The lowest BCUT2D eigenvalue weighted by Crippen LogP contribution is -2.43. The van der Waals surface area contributed by atoms with Crippen molar-refractivity contribution in [2.24, 2.45) is 10.4 Å². The third kappa shape index (κ3) is 6.57. The first-order chi connectivity index (χ1) is 8.79. The molecule has 2 N–H and O–H groups in total. The van der Waals surface area contributed by atoms with E-state index in [2.05, 4.69) is 33.8 Å². The predicted molar refractivity (Wildman–Crippen MR) is 94.2 cm³/mol. The molecular weight excluding hydrogens is 391 g/mol. The number of halogens is 1. The Balaban J connectivity index is 0.00000361. The van der Waals surface area contributed by atoms with Crippen molar-refractivity contribution >= 4 is 40.0 Å². The highest BCUT2D eigenvalue weighted by atomic mass is 127. The maximum Gasteiger partial charge on any atom is 0.208 e. The van der Waals surface area contributed by atoms with Gasteiger partial charge in [-0.1, -0.05) is 13.8 Å². The van der Waals surface area contributed by atoms with Crippen LogP contribution in [0.25, 0.3) is 0 Å². The van der Waals surface area contributed by atoms with Crippen LogP contribution < -0.4 is 10.0 Å². The van der Waals surface area contributed by atoms with Gasteiger partial charge in [-0.25, -0.2) is 13.1 Å². The van der Waals surface area contributed by atoms with Crippen molar-refractivity contribution in [3.05, 3.63) is 0 Å². The molecule has 8 heteroatoms. The summed E-state index contributed by atoms with van der Waals surface area (Å²) in [5, 5.41) is 3.19. The van der Waals surface area contributed by atoms with Crippen molar-refractivity contribution in [2.75, 3.05) is 39.5 Å². The summed E-state index contributed by atoms with van der Waals surface area (Å²) in [5.74, 6) is 0.854. The third-order valence-corrected chi connectivity index (χ3v) is 4.42. The number of rotatable bonds is 5. The summed E-state index contributed by atoms with van der Waals surface area (Å²) in [7, 11) is -1.36. The molecule has 1 saturated heterocycles. The summed E-state index contributed by atoms with van der Waals surface area (Å²) >= 11 is 0. The van der Waals surface area contributed by atoms with E-state index < -0.39 is 10.0 Å². The number of hydrogen-bond acceptors (Lipinski definition) is 3. The molecule has 120 valence electrons. The van der Waals surface area contributed by atoms with E-state index in [9.17, 15) is 8.42 Å². The molecule has 1 atom stereocenters. The molecule has 0 aromatic heterocycles. The molecule has 1 aliphatic rings. The van der Waals surface area contributed by atoms with E-state index in [1.165, 1.54) is 6.42 Å². The van der Waals surface area contributed by atoms with Crippen LogP contribution in [-0.2, 0) is 10.0 Å². The van der Waals surface area contributed by atoms with Crippen molar-refractivity contribution in [3.63, 3.8) is 0 Å². The average Bonchev–Trinajstić information content (AvgIpc) is 2.71. The molecule has 1 rings (SSSR count). The van der Waals surface area contributed by atoms with Gasteiger partial charge in [0.25, 0.3) is 0 Å². The van der Waals surface area contributed by atoms with E-state index >= 15 is 0 Å². The molecule has 0 aromatic carbocycles. The first-order valence-corrected chi connectivity index (χ1v) is 8.59. The largest absolute Gasteiger partial charge is 0.355 e. The third-order valence-electron chi connectivity index (χ3n) is 3.70. The fraction of sp³-hybridized carbons (Fsp3) is 0.917. The van der Waals surface area contributed by atoms with Crippen LogP contribution >= 0.6 is 24.0 Å². The Morgan fingerprint density at radius 2 is 2.05 bits per heavy atom. The van der Waals surface area contributed by atoms with Crippen LogP contribution in [0.4, 0.5) is 0 Å². The fourth-order valence-electron chi connectivity index (χ4n) is 2.24. The van der Waals surface area contributed by atoms with Gasteiger partial charge in [0, 0.05) is 33.2 Å². The van der Waals surface area contributed by atoms with Crippen molar-refractivity contribution in [1.82, 2.24) is 14.9 Å². The van der Waals surface area contributed by atoms with Crippen molar-refractivity contribution in [2.45, 2.75) is 26.7 Å². The van der Waals surface area contributed by atoms with Crippen LogP contribution in [0.2, 0.25) is 0 Å². The van der Waals surface area contributed by atoms with Gasteiger partial charge in [0.05, 0.1) is 6.26 Å². The fourth-order valence-corrected chi connectivity index (χ4v) is 2.71. The number of guanidine groups is 1. The lowest BCUT2D eigenvalue weighted by molar-refractivity contribution is 0.322. The molecular formula is C12H27IN4O2S. The predicted octanol–water partition coefficient (Wildman–Crippen LogP) is 0.851. The van der Waals surface area contributed by atoms with Crippen molar-refractivity contribution in [1.29, 1.82) is 0 Å². The van der Waals surface area contributed by atoms with E-state index in [0.29, 0.717) is 18.5 Å². The molecule has 0 aliphatic carbocycles. The van der Waals surface area contributed by atoms with E-state index in [1.54, 1.807) is 7.05 Å². The van der Waals surface area contributed by atoms with Crippen LogP contribution in [0.15, 0.2) is 4.99 Å². The molecule has 0 bridgehead atoms. The standard InChI is InChI=1S/C12H26N4O2S.HI/c1-5-12(2)6-9-16(10-12)11(13-3)14-7-8-15-19(4,17)18;/h15H,5-10H2,1-4H3,(H,13,14);1H. The number of nitrogens with zero attached hydrogens (tertiary/aromatic N) is 2. The topological polar surface area (TPSA) is 73.8 Å². The van der Waals surface area contributed by atoms with E-state index in [0.717, 1.165) is 31.7 Å². The Kier molecular flexibility index (Phi) is 8.34. The lowest BCUT2D eigenvalue weighted by Gasteiger charge is -2.25. The summed E-state index contributed by atoms with van der Waals surface area (Å²) in [6, 6.07) is 0. The van der Waals surface area contributed by atoms with Gasteiger partial charge in [-0.3, -0.25) is 4.99 Å². The monoisotopic (exact) mass is 418 g/mol. The van der Waals surface area contributed by atoms with Gasteiger partial charge in [-0.15, -0.1) is 24.0 Å². The van der Waals surface area contributed by atoms with Crippen LogP contribution in [0.3, 0.4) is 0 Å². The number of hydrogen-bond donors (Lipinski definition) is 2. The number of nitrogens with one attached hydrogen (secondary N) is 2. The highest BCUT2D eigenvalue weighted by Gasteiger charge is 2.33. The quantitative estimate of drug-likeness (QED) is 0.301. The lowest BCUT2D eigenvalue weighted by atomic mass is 9.87. The maximum absolute atomic E-state index is 10.9. The summed E-state index contributed by atoms with van der Waals surface area (Å²) < 4.78 is 24.3. The summed E-state index contributed by atoms with van der Waals surface area (Å²) in [6.07, 6.45) is 3.50. The van der Waals surface area contributed by atoms with Gasteiger partial charge < -0.3 is 10.2 Å². The maximum atomic E-state index is 10.9. The van der Waals surface area contributed by atoms with E-state index in [1.807, 2.05) is 0 Å².